The summed E-state index contributed by atoms with van der Waals surface area (Å²) in [6.07, 6.45) is 0. The molecule has 0 radical (unpaired) electrons. The molecule has 0 saturated carbocycles. The molecule has 0 heterocycles. The van der Waals surface area contributed by atoms with Crippen molar-refractivity contribution in [3.05, 3.63) is 95.1 Å². The number of rotatable bonds is 8. The summed E-state index contributed by atoms with van der Waals surface area (Å²) in [6.45, 7) is 0.794. The number of hydrazine groups is 2. The first-order chi connectivity index (χ1) is 14.6. The highest BCUT2D eigenvalue weighted by Crippen LogP contribution is 2.17. The number of nitrogens with two attached hydrogens (primary N) is 2. The predicted octanol–water partition coefficient (Wildman–Crippen LogP) is 2.05. The van der Waals surface area contributed by atoms with Gasteiger partial charge in [-0.2, -0.15) is 0 Å². The van der Waals surface area contributed by atoms with Gasteiger partial charge in [-0.25, -0.2) is 11.7 Å². The Labute approximate surface area is 173 Å². The van der Waals surface area contributed by atoms with Crippen molar-refractivity contribution in [2.45, 2.75) is 13.2 Å². The summed E-state index contributed by atoms with van der Waals surface area (Å²) < 4.78 is 11.5. The molecule has 30 heavy (non-hydrogen) atoms. The van der Waals surface area contributed by atoms with Crippen LogP contribution < -0.4 is 32.0 Å². The van der Waals surface area contributed by atoms with Crippen LogP contribution in [0.25, 0.3) is 0 Å². The second-order valence-corrected chi connectivity index (χ2v) is 6.39. The van der Waals surface area contributed by atoms with E-state index in [0.717, 1.165) is 11.1 Å². The molecule has 0 spiro atoms. The van der Waals surface area contributed by atoms with Crippen LogP contribution in [-0.4, -0.2) is 11.8 Å². The van der Waals surface area contributed by atoms with E-state index >= 15 is 0 Å². The van der Waals surface area contributed by atoms with Gasteiger partial charge in [0.15, 0.2) is 0 Å². The highest BCUT2D eigenvalue weighted by Gasteiger charge is 2.05. The van der Waals surface area contributed by atoms with Gasteiger partial charge in [-0.05, 0) is 59.7 Å². The number of carbonyl (C=O) groups excluding carboxylic acids is 2. The quantitative estimate of drug-likeness (QED) is 0.257. The average Bonchev–Trinajstić information content (AvgIpc) is 2.81. The number of benzene rings is 3. The first-order valence-corrected chi connectivity index (χ1v) is 9.14. The highest BCUT2D eigenvalue weighted by atomic mass is 16.5. The zero-order valence-electron chi connectivity index (χ0n) is 16.1. The van der Waals surface area contributed by atoms with Crippen molar-refractivity contribution in [3.8, 4) is 11.5 Å². The fourth-order valence-corrected chi connectivity index (χ4v) is 2.64. The van der Waals surface area contributed by atoms with Crippen LogP contribution in [0.15, 0.2) is 72.8 Å². The van der Waals surface area contributed by atoms with Crippen LogP contribution in [0.1, 0.15) is 31.8 Å². The number of hydrogen-bond acceptors (Lipinski definition) is 6. The van der Waals surface area contributed by atoms with Crippen molar-refractivity contribution in [2.75, 3.05) is 0 Å². The lowest BCUT2D eigenvalue weighted by Crippen LogP contribution is -2.29. The van der Waals surface area contributed by atoms with Crippen molar-refractivity contribution < 1.29 is 19.1 Å². The van der Waals surface area contributed by atoms with E-state index in [4.69, 9.17) is 21.2 Å². The van der Waals surface area contributed by atoms with E-state index in [0.29, 0.717) is 35.8 Å². The van der Waals surface area contributed by atoms with E-state index < -0.39 is 0 Å². The normalized spacial score (nSPS) is 10.2. The summed E-state index contributed by atoms with van der Waals surface area (Å²) in [4.78, 5) is 22.9. The Morgan fingerprint density at radius 3 is 1.23 bits per heavy atom. The Hall–Kier alpha value is -3.88. The van der Waals surface area contributed by atoms with E-state index in [1.54, 1.807) is 48.5 Å². The Morgan fingerprint density at radius 2 is 0.933 bits per heavy atom. The summed E-state index contributed by atoms with van der Waals surface area (Å²) in [5.41, 5.74) is 7.09. The molecule has 0 aliphatic rings. The van der Waals surface area contributed by atoms with Gasteiger partial charge in [-0.15, -0.1) is 0 Å². The summed E-state index contributed by atoms with van der Waals surface area (Å²) >= 11 is 0. The van der Waals surface area contributed by atoms with E-state index in [9.17, 15) is 9.59 Å². The van der Waals surface area contributed by atoms with Crippen molar-refractivity contribution >= 4 is 11.8 Å². The molecule has 6 N–H and O–H groups in total. The lowest BCUT2D eigenvalue weighted by Gasteiger charge is -2.09. The number of amides is 2. The third-order valence-electron chi connectivity index (χ3n) is 4.33. The summed E-state index contributed by atoms with van der Waals surface area (Å²) in [6, 6.07) is 21.3. The van der Waals surface area contributed by atoms with Gasteiger partial charge in [-0.1, -0.05) is 24.3 Å². The third kappa shape index (κ3) is 5.57. The second kappa shape index (κ2) is 10.1. The molecule has 8 heteroatoms. The maximum atomic E-state index is 11.4. The summed E-state index contributed by atoms with van der Waals surface area (Å²) in [5.74, 6) is 10.8. The predicted molar refractivity (Wildman–Crippen MR) is 111 cm³/mol. The Kier molecular flexibility index (Phi) is 6.99. The molecule has 3 aromatic carbocycles. The molecule has 2 amide bonds. The molecular formula is C22H22N4O4. The van der Waals surface area contributed by atoms with Crippen LogP contribution >= 0.6 is 0 Å². The van der Waals surface area contributed by atoms with Crippen molar-refractivity contribution in [3.63, 3.8) is 0 Å². The van der Waals surface area contributed by atoms with E-state index in [1.165, 1.54) is 0 Å². The van der Waals surface area contributed by atoms with E-state index in [1.807, 2.05) is 24.3 Å². The molecule has 8 nitrogen and oxygen atoms in total. The first-order valence-electron chi connectivity index (χ1n) is 9.14. The van der Waals surface area contributed by atoms with Crippen LogP contribution in [0.5, 0.6) is 11.5 Å². The molecule has 3 rings (SSSR count). The number of nitrogen functional groups attached to an aromatic ring is 2. The molecule has 0 bridgehead atoms. The number of nitrogens with one attached hydrogen (secondary N) is 2. The van der Waals surface area contributed by atoms with Gasteiger partial charge in [0.05, 0.1) is 0 Å². The molecule has 0 aromatic heterocycles. The molecule has 0 unspecified atom stereocenters. The Bertz CT molecular complexity index is 905. The van der Waals surface area contributed by atoms with Crippen LogP contribution in [0.3, 0.4) is 0 Å². The van der Waals surface area contributed by atoms with Gasteiger partial charge in [0, 0.05) is 11.1 Å². The van der Waals surface area contributed by atoms with E-state index in [2.05, 4.69) is 10.9 Å². The van der Waals surface area contributed by atoms with Gasteiger partial charge in [0.2, 0.25) is 0 Å². The van der Waals surface area contributed by atoms with Crippen LogP contribution in [0.4, 0.5) is 0 Å². The number of ether oxygens (including phenoxy) is 2. The minimum Gasteiger partial charge on any atom is -0.489 e. The molecule has 3 aromatic rings. The van der Waals surface area contributed by atoms with Crippen molar-refractivity contribution in [2.24, 2.45) is 11.7 Å². The smallest absolute Gasteiger partial charge is 0.265 e. The minimum atomic E-state index is -0.351. The third-order valence-corrected chi connectivity index (χ3v) is 4.33. The molecule has 0 aliphatic carbocycles. The zero-order valence-corrected chi connectivity index (χ0v) is 16.1. The minimum absolute atomic E-state index is 0.351. The standard InChI is InChI=1S/C22H22N4O4/c23-25-21(27)17-5-9-19(10-6-17)29-13-15-1-2-16(4-3-15)14-30-20-11-7-18(8-12-20)22(28)26-24/h1-12H,13-14,23-24H2,(H,25,27)(H,26,28). The monoisotopic (exact) mass is 406 g/mol. The van der Waals surface area contributed by atoms with Gasteiger partial charge < -0.3 is 9.47 Å². The molecule has 154 valence electrons. The van der Waals surface area contributed by atoms with E-state index in [-0.39, 0.29) is 11.8 Å². The zero-order chi connectivity index (χ0) is 21.3. The summed E-state index contributed by atoms with van der Waals surface area (Å²) in [7, 11) is 0. The maximum Gasteiger partial charge on any atom is 0.265 e. The number of carbonyl (C=O) groups is 2. The lowest BCUT2D eigenvalue weighted by atomic mass is 10.1. The van der Waals surface area contributed by atoms with Crippen LogP contribution in [-0.2, 0) is 13.2 Å². The average molecular weight is 406 g/mol. The molecule has 0 aliphatic heterocycles. The lowest BCUT2D eigenvalue weighted by molar-refractivity contribution is 0.0945. The van der Waals surface area contributed by atoms with Gasteiger partial charge in [-0.3, -0.25) is 20.4 Å². The van der Waals surface area contributed by atoms with Gasteiger partial charge in [0.1, 0.15) is 24.7 Å². The second-order valence-electron chi connectivity index (χ2n) is 6.39. The fraction of sp³-hybridized carbons (Fsp3) is 0.0909. The van der Waals surface area contributed by atoms with Gasteiger partial charge in [0.25, 0.3) is 11.8 Å². The van der Waals surface area contributed by atoms with Crippen molar-refractivity contribution in [1.29, 1.82) is 0 Å². The Balaban J connectivity index is 1.49. The van der Waals surface area contributed by atoms with Crippen molar-refractivity contribution in [1.82, 2.24) is 10.9 Å². The molecule has 0 fully saturated rings. The fourth-order valence-electron chi connectivity index (χ4n) is 2.64. The Morgan fingerprint density at radius 1 is 0.600 bits per heavy atom. The summed E-state index contributed by atoms with van der Waals surface area (Å²) in [5, 5.41) is 0. The number of hydrogen-bond donors (Lipinski definition) is 4. The largest absolute Gasteiger partial charge is 0.489 e. The van der Waals surface area contributed by atoms with Crippen LogP contribution in [0.2, 0.25) is 0 Å². The molecule has 0 saturated heterocycles. The topological polar surface area (TPSA) is 129 Å². The highest BCUT2D eigenvalue weighted by molar-refractivity contribution is 5.94. The van der Waals surface area contributed by atoms with Crippen LogP contribution in [0, 0.1) is 0 Å². The maximum absolute atomic E-state index is 11.4. The molecule has 0 atom stereocenters. The SMILES string of the molecule is NNC(=O)c1ccc(OCc2ccc(COc3ccc(C(=O)NN)cc3)cc2)cc1. The van der Waals surface area contributed by atoms with Gasteiger partial charge >= 0.3 is 0 Å². The first kappa shape index (κ1) is 20.8. The molecular weight excluding hydrogens is 384 g/mol.